The lowest BCUT2D eigenvalue weighted by molar-refractivity contribution is -0.142. The molecule has 0 aliphatic heterocycles. The number of anilines is 1. The second-order valence-electron chi connectivity index (χ2n) is 7.22. The van der Waals surface area contributed by atoms with Crippen molar-refractivity contribution < 1.29 is 23.8 Å². The fourth-order valence-electron chi connectivity index (χ4n) is 3.48. The van der Waals surface area contributed by atoms with Gasteiger partial charge in [0.25, 0.3) is 5.91 Å². The molecule has 0 unspecified atom stereocenters. The van der Waals surface area contributed by atoms with Crippen LogP contribution >= 0.6 is 11.3 Å². The lowest BCUT2D eigenvalue weighted by Crippen LogP contribution is -2.13. The quantitative estimate of drug-likeness (QED) is 0.366. The summed E-state index contributed by atoms with van der Waals surface area (Å²) in [5, 5.41) is 5.68. The number of amides is 1. The Hall–Kier alpha value is -3.98. The van der Waals surface area contributed by atoms with Crippen molar-refractivity contribution in [2.24, 2.45) is 0 Å². The van der Waals surface area contributed by atoms with Gasteiger partial charge in [-0.2, -0.15) is 0 Å². The van der Waals surface area contributed by atoms with E-state index < -0.39 is 0 Å². The summed E-state index contributed by atoms with van der Waals surface area (Å²) in [6.45, 7) is 2.06. The summed E-state index contributed by atoms with van der Waals surface area (Å²) in [5.41, 5.74) is 3.08. The van der Waals surface area contributed by atoms with Crippen LogP contribution in [0.4, 0.5) is 5.13 Å². The zero-order valence-corrected chi connectivity index (χ0v) is 19.8. The van der Waals surface area contributed by atoms with Gasteiger partial charge in [-0.3, -0.25) is 14.9 Å². The molecule has 0 saturated carbocycles. The predicted molar refractivity (Wildman–Crippen MR) is 131 cm³/mol. The summed E-state index contributed by atoms with van der Waals surface area (Å²) < 4.78 is 15.7. The molecule has 0 saturated heterocycles. The number of carbonyl (C=O) groups excluding carboxylic acids is 2. The molecule has 0 aliphatic carbocycles. The molecule has 1 amide bonds. The molecular weight excluding hydrogens is 454 g/mol. The van der Waals surface area contributed by atoms with Crippen LogP contribution in [-0.4, -0.2) is 42.7 Å². The minimum absolute atomic E-state index is 0.0574. The Labute approximate surface area is 200 Å². The Morgan fingerprint density at radius 1 is 1.00 bits per heavy atom. The van der Waals surface area contributed by atoms with Gasteiger partial charge in [-0.15, -0.1) is 11.3 Å². The molecule has 9 heteroatoms. The third-order valence-corrected chi connectivity index (χ3v) is 5.85. The number of pyridine rings is 1. The normalized spacial score (nSPS) is 10.7. The minimum atomic E-state index is -0.356. The van der Waals surface area contributed by atoms with E-state index in [4.69, 9.17) is 19.2 Å². The van der Waals surface area contributed by atoms with E-state index in [-0.39, 0.29) is 18.3 Å². The van der Waals surface area contributed by atoms with Crippen molar-refractivity contribution in [3.63, 3.8) is 0 Å². The summed E-state index contributed by atoms with van der Waals surface area (Å²) in [6, 6.07) is 14.7. The fourth-order valence-corrected chi connectivity index (χ4v) is 4.18. The van der Waals surface area contributed by atoms with Gasteiger partial charge >= 0.3 is 5.97 Å². The van der Waals surface area contributed by atoms with Crippen molar-refractivity contribution >= 4 is 39.2 Å². The number of nitrogens with one attached hydrogen (secondary N) is 1. The number of thiazole rings is 1. The molecule has 2 heterocycles. The number of hydrogen-bond donors (Lipinski definition) is 1. The average molecular weight is 478 g/mol. The minimum Gasteiger partial charge on any atom is -0.493 e. The number of aromatic nitrogens is 2. The molecule has 34 heavy (non-hydrogen) atoms. The maximum atomic E-state index is 13.3. The maximum Gasteiger partial charge on any atom is 0.311 e. The molecule has 2 aromatic heterocycles. The number of methoxy groups -OCH3 is 2. The molecule has 174 valence electrons. The van der Waals surface area contributed by atoms with Crippen LogP contribution in [0.15, 0.2) is 53.9 Å². The largest absolute Gasteiger partial charge is 0.493 e. The molecule has 4 rings (SSSR count). The topological polar surface area (TPSA) is 99.6 Å². The fraction of sp³-hybridized carbons (Fsp3) is 0.200. The zero-order chi connectivity index (χ0) is 24.1. The molecule has 0 fully saturated rings. The van der Waals surface area contributed by atoms with Gasteiger partial charge in [-0.25, -0.2) is 9.97 Å². The summed E-state index contributed by atoms with van der Waals surface area (Å²) in [4.78, 5) is 34.0. The molecular formula is C25H23N3O5S. The molecule has 0 atom stereocenters. The smallest absolute Gasteiger partial charge is 0.311 e. The summed E-state index contributed by atoms with van der Waals surface area (Å²) in [6.07, 6.45) is 0.0574. The number of para-hydroxylation sites is 1. The Morgan fingerprint density at radius 3 is 2.56 bits per heavy atom. The molecule has 0 radical (unpaired) electrons. The number of rotatable bonds is 8. The molecule has 0 spiro atoms. The highest BCUT2D eigenvalue weighted by Gasteiger charge is 2.17. The van der Waals surface area contributed by atoms with E-state index in [2.05, 4.69) is 10.3 Å². The van der Waals surface area contributed by atoms with Crippen molar-refractivity contribution in [1.82, 2.24) is 9.97 Å². The van der Waals surface area contributed by atoms with E-state index in [0.717, 1.165) is 5.56 Å². The first-order chi connectivity index (χ1) is 16.5. The average Bonchev–Trinajstić information content (AvgIpc) is 3.29. The highest BCUT2D eigenvalue weighted by Crippen LogP contribution is 2.33. The van der Waals surface area contributed by atoms with Crippen LogP contribution in [0.25, 0.3) is 22.2 Å². The van der Waals surface area contributed by atoms with Gasteiger partial charge in [0.05, 0.1) is 49.7 Å². The van der Waals surface area contributed by atoms with Crippen LogP contribution in [-0.2, 0) is 16.0 Å². The third-order valence-electron chi connectivity index (χ3n) is 5.04. The Morgan fingerprint density at radius 2 is 1.79 bits per heavy atom. The van der Waals surface area contributed by atoms with Crippen molar-refractivity contribution in [2.75, 3.05) is 26.1 Å². The highest BCUT2D eigenvalue weighted by molar-refractivity contribution is 7.14. The van der Waals surface area contributed by atoms with Gasteiger partial charge in [-0.05, 0) is 37.3 Å². The summed E-state index contributed by atoms with van der Waals surface area (Å²) in [5.74, 6) is 0.494. The van der Waals surface area contributed by atoms with Crippen molar-refractivity contribution in [1.29, 1.82) is 0 Å². The number of esters is 1. The zero-order valence-electron chi connectivity index (χ0n) is 19.0. The first-order valence-corrected chi connectivity index (χ1v) is 11.4. The molecule has 8 nitrogen and oxygen atoms in total. The molecule has 0 aliphatic rings. The van der Waals surface area contributed by atoms with E-state index >= 15 is 0 Å². The van der Waals surface area contributed by atoms with E-state index in [1.165, 1.54) is 11.3 Å². The number of ether oxygens (including phenoxy) is 3. The highest BCUT2D eigenvalue weighted by atomic mass is 32.1. The monoisotopic (exact) mass is 477 g/mol. The van der Waals surface area contributed by atoms with Gasteiger partial charge in [0.1, 0.15) is 0 Å². The summed E-state index contributed by atoms with van der Waals surface area (Å²) in [7, 11) is 3.14. The van der Waals surface area contributed by atoms with Crippen molar-refractivity contribution in [3.05, 3.63) is 65.2 Å². The second kappa shape index (κ2) is 10.3. The van der Waals surface area contributed by atoms with Crippen LogP contribution < -0.4 is 14.8 Å². The Kier molecular flexibility index (Phi) is 7.03. The SMILES string of the molecule is CCOC(=O)Cc1csc(NC(=O)c2cc(-c3ccc(OC)c(OC)c3)nc3ccccc23)n1. The van der Waals surface area contributed by atoms with Crippen molar-refractivity contribution in [2.45, 2.75) is 13.3 Å². The van der Waals surface area contributed by atoms with Gasteiger partial charge in [0, 0.05) is 16.3 Å². The van der Waals surface area contributed by atoms with E-state index in [1.807, 2.05) is 36.4 Å². The first-order valence-electron chi connectivity index (χ1n) is 10.6. The summed E-state index contributed by atoms with van der Waals surface area (Å²) >= 11 is 1.25. The Balaban J connectivity index is 1.67. The maximum absolute atomic E-state index is 13.3. The number of nitrogens with zero attached hydrogens (tertiary/aromatic N) is 2. The van der Waals surface area contributed by atoms with Gasteiger partial charge < -0.3 is 14.2 Å². The third kappa shape index (κ3) is 4.99. The van der Waals surface area contributed by atoms with Crippen LogP contribution in [0.3, 0.4) is 0 Å². The van der Waals surface area contributed by atoms with Gasteiger partial charge in [0.15, 0.2) is 16.6 Å². The number of hydrogen-bond acceptors (Lipinski definition) is 8. The lowest BCUT2D eigenvalue weighted by Gasteiger charge is -2.12. The first kappa shape index (κ1) is 23.2. The van der Waals surface area contributed by atoms with Gasteiger partial charge in [-0.1, -0.05) is 18.2 Å². The molecule has 4 aromatic rings. The number of benzene rings is 2. The lowest BCUT2D eigenvalue weighted by atomic mass is 10.0. The predicted octanol–water partition coefficient (Wildman–Crippen LogP) is 4.73. The van der Waals surface area contributed by atoms with Crippen LogP contribution in [0, 0.1) is 0 Å². The van der Waals surface area contributed by atoms with Gasteiger partial charge in [0.2, 0.25) is 0 Å². The van der Waals surface area contributed by atoms with Crippen LogP contribution in [0.2, 0.25) is 0 Å². The Bertz CT molecular complexity index is 1350. The molecule has 2 aromatic carbocycles. The number of fused-ring (bicyclic) bond motifs is 1. The molecule has 1 N–H and O–H groups in total. The standard InChI is InChI=1S/C25H23N3O5S/c1-4-33-23(29)12-16-14-34-25(26-16)28-24(30)18-13-20(27-19-8-6-5-7-17(18)19)15-9-10-21(31-2)22(11-15)32-3/h5-11,13-14H,4,12H2,1-3H3,(H,26,28,30). The van der Waals surface area contributed by atoms with E-state index in [1.54, 1.807) is 38.7 Å². The second-order valence-corrected chi connectivity index (χ2v) is 8.08. The van der Waals surface area contributed by atoms with Crippen molar-refractivity contribution in [3.8, 4) is 22.8 Å². The van der Waals surface area contributed by atoms with Crippen LogP contribution in [0.5, 0.6) is 11.5 Å². The van der Waals surface area contributed by atoms with Crippen LogP contribution in [0.1, 0.15) is 23.0 Å². The molecule has 0 bridgehead atoms. The number of carbonyl (C=O) groups is 2. The van der Waals surface area contributed by atoms with E-state index in [0.29, 0.717) is 51.1 Å². The van der Waals surface area contributed by atoms with E-state index in [9.17, 15) is 9.59 Å².